The first-order valence-electron chi connectivity index (χ1n) is 6.98. The van der Waals surface area contributed by atoms with Gasteiger partial charge in [0.1, 0.15) is 6.04 Å². The van der Waals surface area contributed by atoms with E-state index < -0.39 is 6.04 Å². The molecule has 0 bridgehead atoms. The number of rotatable bonds is 6. The van der Waals surface area contributed by atoms with Crippen LogP contribution in [0.15, 0.2) is 24.3 Å². The van der Waals surface area contributed by atoms with Crippen molar-refractivity contribution < 1.29 is 19.1 Å². The van der Waals surface area contributed by atoms with E-state index in [1.54, 1.807) is 12.1 Å². The van der Waals surface area contributed by atoms with Crippen LogP contribution in [0.3, 0.4) is 0 Å². The van der Waals surface area contributed by atoms with Gasteiger partial charge >= 0.3 is 0 Å². The number of nitrogens with zero attached hydrogens (tertiary/aromatic N) is 1. The van der Waals surface area contributed by atoms with Crippen LogP contribution in [0.5, 0.6) is 0 Å². The zero-order chi connectivity index (χ0) is 16.1. The van der Waals surface area contributed by atoms with Crippen LogP contribution >= 0.6 is 0 Å². The summed E-state index contributed by atoms with van der Waals surface area (Å²) >= 11 is 0. The number of methoxy groups -OCH3 is 1. The van der Waals surface area contributed by atoms with Crippen molar-refractivity contribution in [2.45, 2.75) is 19.4 Å². The number of carbonyl (C=O) groups excluding carboxylic acids is 3. The van der Waals surface area contributed by atoms with Gasteiger partial charge in [-0.05, 0) is 19.1 Å². The molecule has 7 nitrogen and oxygen atoms in total. The van der Waals surface area contributed by atoms with E-state index in [9.17, 15) is 14.4 Å². The van der Waals surface area contributed by atoms with Crippen molar-refractivity contribution in [3.8, 4) is 0 Å². The van der Waals surface area contributed by atoms with Crippen LogP contribution in [0.1, 0.15) is 22.3 Å². The molecule has 1 atom stereocenters. The van der Waals surface area contributed by atoms with Crippen molar-refractivity contribution in [1.82, 2.24) is 15.8 Å². The third-order valence-corrected chi connectivity index (χ3v) is 3.44. The number of imide groups is 1. The number of nitrogens with one attached hydrogen (secondary N) is 2. The Labute approximate surface area is 128 Å². The lowest BCUT2D eigenvalue weighted by Gasteiger charge is -2.15. The van der Waals surface area contributed by atoms with Crippen molar-refractivity contribution in [2.24, 2.45) is 0 Å². The van der Waals surface area contributed by atoms with Gasteiger partial charge in [-0.3, -0.25) is 24.7 Å². The first-order valence-corrected chi connectivity index (χ1v) is 6.98. The molecule has 0 aromatic heterocycles. The predicted octanol–water partition coefficient (Wildman–Crippen LogP) is 0.00332. The normalized spacial score (nSPS) is 17.9. The summed E-state index contributed by atoms with van der Waals surface area (Å²) < 4.78 is 4.87. The van der Waals surface area contributed by atoms with E-state index in [0.717, 1.165) is 10.5 Å². The van der Waals surface area contributed by atoms with Crippen LogP contribution in [0.25, 0.3) is 0 Å². The Morgan fingerprint density at radius 2 is 2.00 bits per heavy atom. The molecule has 2 rings (SSSR count). The fourth-order valence-corrected chi connectivity index (χ4v) is 2.14. The lowest BCUT2D eigenvalue weighted by atomic mass is 10.1. The zero-order valence-corrected chi connectivity index (χ0v) is 12.6. The van der Waals surface area contributed by atoms with E-state index >= 15 is 0 Å². The quantitative estimate of drug-likeness (QED) is 0.571. The average Bonchev–Trinajstić information content (AvgIpc) is 2.78. The van der Waals surface area contributed by atoms with Gasteiger partial charge in [0.05, 0.1) is 19.6 Å². The zero-order valence-electron chi connectivity index (χ0n) is 12.6. The van der Waals surface area contributed by atoms with Gasteiger partial charge in [0.25, 0.3) is 5.91 Å². The number of ether oxygens (including phenoxy) is 1. The molecule has 0 radical (unpaired) electrons. The summed E-state index contributed by atoms with van der Waals surface area (Å²) in [5, 5.41) is 0. The van der Waals surface area contributed by atoms with E-state index in [4.69, 9.17) is 4.74 Å². The minimum Gasteiger partial charge on any atom is -0.383 e. The number of likely N-dealkylation sites (tertiary alicyclic amines) is 1. The van der Waals surface area contributed by atoms with Crippen molar-refractivity contribution in [2.75, 3.05) is 20.3 Å². The Kier molecular flexibility index (Phi) is 5.24. The molecule has 0 aliphatic carbocycles. The second-order valence-corrected chi connectivity index (χ2v) is 5.10. The lowest BCUT2D eigenvalue weighted by molar-refractivity contribution is -0.139. The van der Waals surface area contributed by atoms with Crippen molar-refractivity contribution in [3.63, 3.8) is 0 Å². The molecule has 0 saturated carbocycles. The Morgan fingerprint density at radius 3 is 2.64 bits per heavy atom. The van der Waals surface area contributed by atoms with Gasteiger partial charge in [-0.2, -0.15) is 0 Å². The monoisotopic (exact) mass is 305 g/mol. The number of amides is 3. The molecule has 1 heterocycles. The smallest absolute Gasteiger partial charge is 0.265 e. The fourth-order valence-electron chi connectivity index (χ4n) is 2.14. The SMILES string of the molecule is COCCN1C(=O)C[C@@H](NNC(=O)c2ccc(C)cc2)C1=O. The summed E-state index contributed by atoms with van der Waals surface area (Å²) in [5.74, 6) is -0.981. The number of hydrogen-bond donors (Lipinski definition) is 2. The topological polar surface area (TPSA) is 87.7 Å². The van der Waals surface area contributed by atoms with Crippen LogP contribution < -0.4 is 10.9 Å². The lowest BCUT2D eigenvalue weighted by Crippen LogP contribution is -2.48. The maximum Gasteiger partial charge on any atom is 0.265 e. The first kappa shape index (κ1) is 16.1. The number of carbonyl (C=O) groups is 3. The summed E-state index contributed by atoms with van der Waals surface area (Å²) in [5.41, 5.74) is 6.63. The van der Waals surface area contributed by atoms with Gasteiger partial charge in [-0.15, -0.1) is 0 Å². The van der Waals surface area contributed by atoms with E-state index in [2.05, 4.69) is 10.9 Å². The van der Waals surface area contributed by atoms with E-state index in [0.29, 0.717) is 12.2 Å². The van der Waals surface area contributed by atoms with E-state index in [-0.39, 0.29) is 30.7 Å². The number of benzene rings is 1. The molecule has 1 aromatic rings. The molecule has 22 heavy (non-hydrogen) atoms. The summed E-state index contributed by atoms with van der Waals surface area (Å²) in [6.45, 7) is 2.44. The van der Waals surface area contributed by atoms with Gasteiger partial charge in [0.2, 0.25) is 11.8 Å². The van der Waals surface area contributed by atoms with Gasteiger partial charge in [0, 0.05) is 12.7 Å². The van der Waals surface area contributed by atoms with E-state index in [1.807, 2.05) is 19.1 Å². The highest BCUT2D eigenvalue weighted by atomic mass is 16.5. The fraction of sp³-hybridized carbons (Fsp3) is 0.400. The number of aryl methyl sites for hydroxylation is 1. The van der Waals surface area contributed by atoms with Crippen LogP contribution in [-0.4, -0.2) is 48.9 Å². The minimum atomic E-state index is -0.737. The standard InChI is InChI=1S/C15H19N3O4/c1-10-3-5-11(6-4-10)14(20)17-16-12-9-13(19)18(15(12)21)7-8-22-2/h3-6,12,16H,7-9H2,1-2H3,(H,17,20)/t12-/m1/s1. The van der Waals surface area contributed by atoms with Crippen LogP contribution in [0, 0.1) is 6.92 Å². The molecule has 1 aliphatic rings. The molecular formula is C15H19N3O4. The summed E-state index contributed by atoms with van der Waals surface area (Å²) in [7, 11) is 1.50. The molecule has 7 heteroatoms. The van der Waals surface area contributed by atoms with Crippen LogP contribution in [-0.2, 0) is 14.3 Å². The van der Waals surface area contributed by atoms with Gasteiger partial charge in [-0.1, -0.05) is 17.7 Å². The molecule has 118 valence electrons. The largest absolute Gasteiger partial charge is 0.383 e. The Morgan fingerprint density at radius 1 is 1.32 bits per heavy atom. The summed E-state index contributed by atoms with van der Waals surface area (Å²) in [6, 6.07) is 6.30. The van der Waals surface area contributed by atoms with Crippen LogP contribution in [0.2, 0.25) is 0 Å². The molecule has 2 N–H and O–H groups in total. The first-order chi connectivity index (χ1) is 10.5. The molecule has 1 aliphatic heterocycles. The maximum atomic E-state index is 12.1. The van der Waals surface area contributed by atoms with Gasteiger partial charge in [-0.25, -0.2) is 5.43 Å². The average molecular weight is 305 g/mol. The Hall–Kier alpha value is -2.25. The molecule has 0 unspecified atom stereocenters. The van der Waals surface area contributed by atoms with Crippen molar-refractivity contribution in [1.29, 1.82) is 0 Å². The molecule has 1 fully saturated rings. The second-order valence-electron chi connectivity index (χ2n) is 5.10. The maximum absolute atomic E-state index is 12.1. The highest BCUT2D eigenvalue weighted by molar-refractivity contribution is 6.05. The molecular weight excluding hydrogens is 286 g/mol. The Balaban J connectivity index is 1.89. The van der Waals surface area contributed by atoms with Crippen molar-refractivity contribution >= 4 is 17.7 Å². The van der Waals surface area contributed by atoms with Gasteiger partial charge < -0.3 is 4.74 Å². The molecule has 3 amide bonds. The van der Waals surface area contributed by atoms with Crippen LogP contribution in [0.4, 0.5) is 0 Å². The number of hydrazine groups is 1. The highest BCUT2D eigenvalue weighted by Crippen LogP contribution is 2.12. The third-order valence-electron chi connectivity index (χ3n) is 3.44. The molecule has 0 spiro atoms. The summed E-state index contributed by atoms with van der Waals surface area (Å²) in [4.78, 5) is 36.9. The van der Waals surface area contributed by atoms with E-state index in [1.165, 1.54) is 7.11 Å². The molecule has 1 saturated heterocycles. The van der Waals surface area contributed by atoms with Gasteiger partial charge in [0.15, 0.2) is 0 Å². The second kappa shape index (κ2) is 7.15. The predicted molar refractivity (Wildman–Crippen MR) is 78.8 cm³/mol. The highest BCUT2D eigenvalue weighted by Gasteiger charge is 2.38. The minimum absolute atomic E-state index is 0.0245. The third kappa shape index (κ3) is 3.69. The number of hydrogen-bond acceptors (Lipinski definition) is 5. The summed E-state index contributed by atoms with van der Waals surface area (Å²) in [6.07, 6.45) is 0.0245. The molecule has 1 aromatic carbocycles. The van der Waals surface area contributed by atoms with Crippen molar-refractivity contribution in [3.05, 3.63) is 35.4 Å². The Bertz CT molecular complexity index is 571.